The van der Waals surface area contributed by atoms with Crippen LogP contribution in [0, 0.1) is 5.41 Å². The maximum atomic E-state index is 12.2. The molecule has 5 nitrogen and oxygen atoms in total. The molecule has 0 bridgehead atoms. The van der Waals surface area contributed by atoms with E-state index in [4.69, 9.17) is 10.1 Å². The van der Waals surface area contributed by atoms with Crippen LogP contribution in [-0.4, -0.2) is 34.8 Å². The van der Waals surface area contributed by atoms with Gasteiger partial charge in [0.25, 0.3) is 0 Å². The molecule has 0 spiro atoms. The Labute approximate surface area is 113 Å². The van der Waals surface area contributed by atoms with E-state index < -0.39 is 17.1 Å². The normalized spacial score (nSPS) is 21.5. The van der Waals surface area contributed by atoms with Gasteiger partial charge >= 0.3 is 5.97 Å². The number of nitrogens with zero attached hydrogens (tertiary/aromatic N) is 1. The van der Waals surface area contributed by atoms with Gasteiger partial charge in [-0.05, 0) is 39.8 Å². The molecule has 0 aromatic heterocycles. The highest BCUT2D eigenvalue weighted by atomic mass is 16.6. The predicted molar refractivity (Wildman–Crippen MR) is 73.8 cm³/mol. The van der Waals surface area contributed by atoms with Crippen LogP contribution in [0.25, 0.3) is 0 Å². The van der Waals surface area contributed by atoms with Gasteiger partial charge in [-0.3, -0.25) is 14.6 Å². The second-order valence-electron chi connectivity index (χ2n) is 5.71. The SMILES string of the molecule is CC(=N)CC(=O)C1(CC(=O)OC(C)(C)C)C=CC=N1. The number of Topliss-reactive ketones (excluding diaryl/α,β-unsaturated/α-hetero) is 1. The third-order valence-corrected chi connectivity index (χ3v) is 2.51. The van der Waals surface area contributed by atoms with Crippen LogP contribution in [0.2, 0.25) is 0 Å². The summed E-state index contributed by atoms with van der Waals surface area (Å²) in [5, 5.41) is 7.39. The van der Waals surface area contributed by atoms with Gasteiger partial charge in [-0.2, -0.15) is 0 Å². The first-order valence-corrected chi connectivity index (χ1v) is 6.17. The monoisotopic (exact) mass is 264 g/mol. The number of ether oxygens (including phenoxy) is 1. The van der Waals surface area contributed by atoms with Gasteiger partial charge in [-0.25, -0.2) is 0 Å². The molecule has 1 atom stereocenters. The van der Waals surface area contributed by atoms with Crippen LogP contribution in [0.3, 0.4) is 0 Å². The quantitative estimate of drug-likeness (QED) is 0.610. The van der Waals surface area contributed by atoms with Crippen molar-refractivity contribution in [2.45, 2.75) is 51.7 Å². The van der Waals surface area contributed by atoms with Crippen molar-refractivity contribution in [2.75, 3.05) is 0 Å². The molecule has 19 heavy (non-hydrogen) atoms. The molecular formula is C14H20N2O3. The molecule has 0 saturated carbocycles. The van der Waals surface area contributed by atoms with Gasteiger partial charge in [0.2, 0.25) is 0 Å². The van der Waals surface area contributed by atoms with E-state index in [9.17, 15) is 9.59 Å². The molecule has 0 fully saturated rings. The Morgan fingerprint density at radius 2 is 2.00 bits per heavy atom. The molecule has 1 aliphatic rings. The van der Waals surface area contributed by atoms with Crippen molar-refractivity contribution in [2.24, 2.45) is 4.99 Å². The summed E-state index contributed by atoms with van der Waals surface area (Å²) in [6.45, 7) is 6.88. The summed E-state index contributed by atoms with van der Waals surface area (Å²) in [7, 11) is 0. The second-order valence-corrected chi connectivity index (χ2v) is 5.71. The van der Waals surface area contributed by atoms with Gasteiger partial charge in [-0.1, -0.05) is 0 Å². The molecular weight excluding hydrogens is 244 g/mol. The Morgan fingerprint density at radius 1 is 1.37 bits per heavy atom. The molecule has 0 saturated heterocycles. The summed E-state index contributed by atoms with van der Waals surface area (Å²) >= 11 is 0. The third kappa shape index (κ3) is 4.43. The lowest BCUT2D eigenvalue weighted by Gasteiger charge is -2.25. The summed E-state index contributed by atoms with van der Waals surface area (Å²) < 4.78 is 5.23. The molecule has 0 aliphatic carbocycles. The lowest BCUT2D eigenvalue weighted by molar-refractivity contribution is -0.156. The van der Waals surface area contributed by atoms with E-state index in [0.717, 1.165) is 0 Å². The van der Waals surface area contributed by atoms with E-state index in [0.29, 0.717) is 0 Å². The standard InChI is InChI=1S/C14H20N2O3/c1-10(15)8-11(17)14(6-5-7-16-14)9-12(18)19-13(2,3)4/h5-7,15H,8-9H2,1-4H3. The third-order valence-electron chi connectivity index (χ3n) is 2.51. The topological polar surface area (TPSA) is 79.6 Å². The highest BCUT2D eigenvalue weighted by Crippen LogP contribution is 2.26. The van der Waals surface area contributed by atoms with Gasteiger partial charge in [0, 0.05) is 18.3 Å². The largest absolute Gasteiger partial charge is 0.460 e. The van der Waals surface area contributed by atoms with Crippen molar-refractivity contribution in [3.8, 4) is 0 Å². The smallest absolute Gasteiger partial charge is 0.309 e. The van der Waals surface area contributed by atoms with Crippen molar-refractivity contribution >= 4 is 23.7 Å². The minimum Gasteiger partial charge on any atom is -0.460 e. The fourth-order valence-electron chi connectivity index (χ4n) is 1.78. The number of aliphatic imine (C=N–C) groups is 1. The average molecular weight is 264 g/mol. The number of rotatable bonds is 5. The van der Waals surface area contributed by atoms with Crippen molar-refractivity contribution < 1.29 is 14.3 Å². The average Bonchev–Trinajstić information content (AvgIpc) is 2.63. The zero-order valence-corrected chi connectivity index (χ0v) is 11.8. The first kappa shape index (κ1) is 15.3. The minimum atomic E-state index is -1.19. The van der Waals surface area contributed by atoms with Crippen LogP contribution in [-0.2, 0) is 14.3 Å². The second kappa shape index (κ2) is 5.47. The Morgan fingerprint density at radius 3 is 2.42 bits per heavy atom. The molecule has 1 heterocycles. The van der Waals surface area contributed by atoms with Gasteiger partial charge in [0.05, 0.1) is 6.42 Å². The van der Waals surface area contributed by atoms with Gasteiger partial charge in [-0.15, -0.1) is 0 Å². The fourth-order valence-corrected chi connectivity index (χ4v) is 1.78. The number of hydrogen-bond acceptors (Lipinski definition) is 5. The molecule has 5 heteroatoms. The van der Waals surface area contributed by atoms with E-state index in [1.807, 2.05) is 0 Å². The van der Waals surface area contributed by atoms with Crippen LogP contribution in [0.5, 0.6) is 0 Å². The lowest BCUT2D eigenvalue weighted by atomic mass is 9.88. The number of nitrogens with one attached hydrogen (secondary N) is 1. The Kier molecular flexibility index (Phi) is 4.39. The molecule has 0 aromatic carbocycles. The number of hydrogen-bond donors (Lipinski definition) is 1. The summed E-state index contributed by atoms with van der Waals surface area (Å²) in [5.41, 5.74) is -1.53. The summed E-state index contributed by atoms with van der Waals surface area (Å²) in [5.74, 6) is -0.719. The first-order chi connectivity index (χ1) is 8.65. The van der Waals surface area contributed by atoms with E-state index >= 15 is 0 Å². The van der Waals surface area contributed by atoms with Crippen LogP contribution in [0.4, 0.5) is 0 Å². The highest BCUT2D eigenvalue weighted by molar-refractivity contribution is 6.08. The van der Waals surface area contributed by atoms with Crippen LogP contribution >= 0.6 is 0 Å². The molecule has 1 aliphatic heterocycles. The number of allylic oxidation sites excluding steroid dienone is 1. The fraction of sp³-hybridized carbons (Fsp3) is 0.571. The molecule has 1 rings (SSSR count). The van der Waals surface area contributed by atoms with Gasteiger partial charge in [0.15, 0.2) is 5.78 Å². The minimum absolute atomic E-state index is 0.00945. The Hall–Kier alpha value is -1.78. The maximum absolute atomic E-state index is 12.2. The number of carbonyl (C=O) groups excluding carboxylic acids is 2. The van der Waals surface area contributed by atoms with E-state index in [1.165, 1.54) is 6.21 Å². The van der Waals surface area contributed by atoms with Crippen molar-refractivity contribution in [3.63, 3.8) is 0 Å². The molecule has 104 valence electrons. The lowest BCUT2D eigenvalue weighted by Crippen LogP contribution is -2.39. The summed E-state index contributed by atoms with van der Waals surface area (Å²) in [6, 6.07) is 0. The number of carbonyl (C=O) groups is 2. The summed E-state index contributed by atoms with van der Waals surface area (Å²) in [6.07, 6.45) is 4.61. The molecule has 0 amide bonds. The van der Waals surface area contributed by atoms with Crippen molar-refractivity contribution in [1.82, 2.24) is 0 Å². The zero-order chi connectivity index (χ0) is 14.7. The number of ketones is 1. The van der Waals surface area contributed by atoms with Crippen molar-refractivity contribution in [1.29, 1.82) is 5.41 Å². The summed E-state index contributed by atoms with van der Waals surface area (Å²) in [4.78, 5) is 28.1. The number of esters is 1. The van der Waals surface area contributed by atoms with Crippen LogP contribution in [0.1, 0.15) is 40.5 Å². The van der Waals surface area contributed by atoms with Gasteiger partial charge < -0.3 is 10.1 Å². The highest BCUT2D eigenvalue weighted by Gasteiger charge is 2.39. The van der Waals surface area contributed by atoms with Gasteiger partial charge in [0.1, 0.15) is 11.1 Å². The van der Waals surface area contributed by atoms with Crippen molar-refractivity contribution in [3.05, 3.63) is 12.2 Å². The first-order valence-electron chi connectivity index (χ1n) is 6.17. The molecule has 0 aromatic rings. The Bertz CT molecular complexity index is 444. The molecule has 0 radical (unpaired) electrons. The van der Waals surface area contributed by atoms with E-state index in [2.05, 4.69) is 4.99 Å². The van der Waals surface area contributed by atoms with E-state index in [-0.39, 0.29) is 24.3 Å². The maximum Gasteiger partial charge on any atom is 0.309 e. The Balaban J connectivity index is 2.82. The molecule has 1 unspecified atom stereocenters. The van der Waals surface area contributed by atoms with Crippen LogP contribution in [0.15, 0.2) is 17.1 Å². The zero-order valence-electron chi connectivity index (χ0n) is 11.8. The predicted octanol–water partition coefficient (Wildman–Crippen LogP) is 2.10. The van der Waals surface area contributed by atoms with Crippen LogP contribution < -0.4 is 0 Å². The molecule has 1 N–H and O–H groups in total. The van der Waals surface area contributed by atoms with E-state index in [1.54, 1.807) is 39.8 Å².